The summed E-state index contributed by atoms with van der Waals surface area (Å²) < 4.78 is 7.22. The third kappa shape index (κ3) is 3.64. The molecule has 1 atom stereocenters. The minimum absolute atomic E-state index is 0.0925. The zero-order valence-electron chi connectivity index (χ0n) is 15.4. The molecule has 1 amide bonds. The van der Waals surface area contributed by atoms with Gasteiger partial charge < -0.3 is 15.0 Å². The predicted octanol–water partition coefficient (Wildman–Crippen LogP) is 3.14. The summed E-state index contributed by atoms with van der Waals surface area (Å²) in [6.07, 6.45) is 0.0925. The molecule has 2 N–H and O–H groups in total. The van der Waals surface area contributed by atoms with Crippen LogP contribution in [0.5, 0.6) is 5.75 Å². The van der Waals surface area contributed by atoms with Crippen molar-refractivity contribution in [2.45, 2.75) is 32.9 Å². The Morgan fingerprint density at radius 3 is 2.65 bits per heavy atom. The summed E-state index contributed by atoms with van der Waals surface area (Å²) in [6.45, 7) is 5.87. The Balaban J connectivity index is 1.78. The van der Waals surface area contributed by atoms with Gasteiger partial charge in [-0.3, -0.25) is 9.36 Å². The molecule has 0 aliphatic heterocycles. The SMILES string of the molecule is CC(C)Oc1cccc(C(C)NC(=O)c2ccc3c(c2)[nH]c(=O)n3C)c1. The molecule has 0 aliphatic rings. The van der Waals surface area contributed by atoms with Gasteiger partial charge in [0, 0.05) is 12.6 Å². The maximum absolute atomic E-state index is 12.6. The smallest absolute Gasteiger partial charge is 0.326 e. The summed E-state index contributed by atoms with van der Waals surface area (Å²) in [4.78, 5) is 27.0. The molecule has 26 heavy (non-hydrogen) atoms. The molecule has 0 radical (unpaired) electrons. The number of ether oxygens (including phenoxy) is 1. The van der Waals surface area contributed by atoms with Crippen molar-refractivity contribution >= 4 is 16.9 Å². The van der Waals surface area contributed by atoms with Crippen LogP contribution < -0.4 is 15.7 Å². The Kier molecular flexibility index (Phi) is 4.84. The van der Waals surface area contributed by atoms with Crippen LogP contribution in [-0.2, 0) is 7.05 Å². The first kappa shape index (κ1) is 17.8. The number of nitrogens with one attached hydrogen (secondary N) is 2. The fourth-order valence-electron chi connectivity index (χ4n) is 2.87. The van der Waals surface area contributed by atoms with Gasteiger partial charge in [0.15, 0.2) is 0 Å². The topological polar surface area (TPSA) is 76.1 Å². The number of aromatic nitrogens is 2. The van der Waals surface area contributed by atoms with Gasteiger partial charge in [-0.15, -0.1) is 0 Å². The molecule has 3 aromatic rings. The van der Waals surface area contributed by atoms with Gasteiger partial charge >= 0.3 is 5.69 Å². The van der Waals surface area contributed by atoms with Crippen LogP contribution >= 0.6 is 0 Å². The van der Waals surface area contributed by atoms with Crippen molar-refractivity contribution in [1.82, 2.24) is 14.9 Å². The fraction of sp³-hybridized carbons (Fsp3) is 0.300. The van der Waals surface area contributed by atoms with Crippen LogP contribution in [0.3, 0.4) is 0 Å². The summed E-state index contributed by atoms with van der Waals surface area (Å²) in [6, 6.07) is 12.7. The number of aromatic amines is 1. The van der Waals surface area contributed by atoms with Crippen LogP contribution in [0.1, 0.15) is 42.7 Å². The van der Waals surface area contributed by atoms with Gasteiger partial charge in [0.2, 0.25) is 0 Å². The molecule has 0 bridgehead atoms. The number of amides is 1. The summed E-state index contributed by atoms with van der Waals surface area (Å²) in [5.74, 6) is 0.584. The second kappa shape index (κ2) is 7.07. The summed E-state index contributed by atoms with van der Waals surface area (Å²) in [5, 5.41) is 2.99. The minimum atomic E-state index is -0.201. The molecule has 2 aromatic carbocycles. The lowest BCUT2D eigenvalue weighted by Crippen LogP contribution is -2.26. The van der Waals surface area contributed by atoms with E-state index in [2.05, 4.69) is 10.3 Å². The van der Waals surface area contributed by atoms with Crippen molar-refractivity contribution in [2.24, 2.45) is 7.05 Å². The molecule has 1 aromatic heterocycles. The molecule has 6 nitrogen and oxygen atoms in total. The first-order valence-electron chi connectivity index (χ1n) is 8.61. The number of hydrogen-bond acceptors (Lipinski definition) is 3. The van der Waals surface area contributed by atoms with Crippen molar-refractivity contribution in [3.8, 4) is 5.75 Å². The summed E-state index contributed by atoms with van der Waals surface area (Å²) in [5.41, 5.74) is 2.67. The molecule has 0 saturated carbocycles. The number of benzene rings is 2. The van der Waals surface area contributed by atoms with E-state index in [4.69, 9.17) is 4.74 Å². The largest absolute Gasteiger partial charge is 0.491 e. The maximum atomic E-state index is 12.6. The van der Waals surface area contributed by atoms with Gasteiger partial charge in [-0.05, 0) is 56.7 Å². The molecule has 0 spiro atoms. The van der Waals surface area contributed by atoms with Crippen molar-refractivity contribution in [2.75, 3.05) is 0 Å². The van der Waals surface area contributed by atoms with E-state index in [0.29, 0.717) is 11.1 Å². The lowest BCUT2D eigenvalue weighted by Gasteiger charge is -2.16. The van der Waals surface area contributed by atoms with E-state index in [9.17, 15) is 9.59 Å². The molecule has 6 heteroatoms. The third-order valence-corrected chi connectivity index (χ3v) is 4.24. The van der Waals surface area contributed by atoms with Gasteiger partial charge in [0.25, 0.3) is 5.91 Å². The molecular weight excluding hydrogens is 330 g/mol. The van der Waals surface area contributed by atoms with Crippen molar-refractivity contribution < 1.29 is 9.53 Å². The Hall–Kier alpha value is -3.02. The van der Waals surface area contributed by atoms with Crippen LogP contribution in [0, 0.1) is 0 Å². The minimum Gasteiger partial charge on any atom is -0.491 e. The first-order valence-corrected chi connectivity index (χ1v) is 8.61. The number of carbonyl (C=O) groups excluding carboxylic acids is 1. The first-order chi connectivity index (χ1) is 12.3. The molecule has 0 saturated heterocycles. The monoisotopic (exact) mass is 353 g/mol. The van der Waals surface area contributed by atoms with E-state index in [1.54, 1.807) is 25.2 Å². The Morgan fingerprint density at radius 1 is 1.15 bits per heavy atom. The van der Waals surface area contributed by atoms with Gasteiger partial charge in [-0.2, -0.15) is 0 Å². The summed E-state index contributed by atoms with van der Waals surface area (Å²) >= 11 is 0. The van der Waals surface area contributed by atoms with Crippen LogP contribution in [0.4, 0.5) is 0 Å². The van der Waals surface area contributed by atoms with E-state index >= 15 is 0 Å². The van der Waals surface area contributed by atoms with Crippen molar-refractivity contribution in [3.63, 3.8) is 0 Å². The molecule has 0 fully saturated rings. The number of rotatable bonds is 5. The lowest BCUT2D eigenvalue weighted by molar-refractivity contribution is 0.0940. The highest BCUT2D eigenvalue weighted by atomic mass is 16.5. The predicted molar refractivity (Wildman–Crippen MR) is 102 cm³/mol. The van der Waals surface area contributed by atoms with E-state index < -0.39 is 0 Å². The Labute approximate surface area is 151 Å². The molecule has 1 unspecified atom stereocenters. The fourth-order valence-corrected chi connectivity index (χ4v) is 2.87. The number of fused-ring (bicyclic) bond motifs is 1. The quantitative estimate of drug-likeness (QED) is 0.740. The van der Waals surface area contributed by atoms with Gasteiger partial charge in [-0.25, -0.2) is 4.79 Å². The molecule has 136 valence electrons. The lowest BCUT2D eigenvalue weighted by atomic mass is 10.1. The average Bonchev–Trinajstić information content (AvgIpc) is 2.88. The molecule has 0 aliphatic carbocycles. The Bertz CT molecular complexity index is 1000. The highest BCUT2D eigenvalue weighted by Crippen LogP contribution is 2.21. The van der Waals surface area contributed by atoms with Gasteiger partial charge in [-0.1, -0.05) is 12.1 Å². The van der Waals surface area contributed by atoms with Gasteiger partial charge in [0.05, 0.1) is 23.2 Å². The second-order valence-corrected chi connectivity index (χ2v) is 6.66. The normalized spacial score (nSPS) is 12.3. The number of H-pyrrole nitrogens is 1. The average molecular weight is 353 g/mol. The van der Waals surface area contributed by atoms with Crippen LogP contribution in [-0.4, -0.2) is 21.6 Å². The van der Waals surface area contributed by atoms with E-state index in [1.807, 2.05) is 45.0 Å². The van der Waals surface area contributed by atoms with Crippen molar-refractivity contribution in [3.05, 3.63) is 64.1 Å². The van der Waals surface area contributed by atoms with E-state index in [1.165, 1.54) is 4.57 Å². The number of nitrogens with zero attached hydrogens (tertiary/aromatic N) is 1. The van der Waals surface area contributed by atoms with Gasteiger partial charge in [0.1, 0.15) is 5.75 Å². The zero-order chi connectivity index (χ0) is 18.8. The highest BCUT2D eigenvalue weighted by Gasteiger charge is 2.14. The second-order valence-electron chi connectivity index (χ2n) is 6.66. The highest BCUT2D eigenvalue weighted by molar-refractivity contribution is 5.97. The van der Waals surface area contributed by atoms with E-state index in [0.717, 1.165) is 16.8 Å². The van der Waals surface area contributed by atoms with Crippen LogP contribution in [0.15, 0.2) is 47.3 Å². The number of aryl methyl sites for hydroxylation is 1. The standard InChI is InChI=1S/C20H23N3O3/c1-12(2)26-16-7-5-6-14(10-16)13(3)21-19(24)15-8-9-18-17(11-15)22-20(25)23(18)4/h5-13H,1-4H3,(H,21,24)(H,22,25). The Morgan fingerprint density at radius 2 is 1.92 bits per heavy atom. The number of hydrogen-bond donors (Lipinski definition) is 2. The van der Waals surface area contributed by atoms with Crippen LogP contribution in [0.2, 0.25) is 0 Å². The molecule has 1 heterocycles. The zero-order valence-corrected chi connectivity index (χ0v) is 15.4. The number of carbonyl (C=O) groups is 1. The molecular formula is C20H23N3O3. The van der Waals surface area contributed by atoms with E-state index in [-0.39, 0.29) is 23.7 Å². The number of imidazole rings is 1. The van der Waals surface area contributed by atoms with Crippen LogP contribution in [0.25, 0.3) is 11.0 Å². The summed E-state index contributed by atoms with van der Waals surface area (Å²) in [7, 11) is 1.69. The maximum Gasteiger partial charge on any atom is 0.326 e. The van der Waals surface area contributed by atoms with Crippen molar-refractivity contribution in [1.29, 1.82) is 0 Å². The molecule has 3 rings (SSSR count). The third-order valence-electron chi connectivity index (χ3n) is 4.24.